The minimum atomic E-state index is -0.273. The van der Waals surface area contributed by atoms with Crippen molar-refractivity contribution in [1.29, 1.82) is 0 Å². The van der Waals surface area contributed by atoms with E-state index in [4.69, 9.17) is 0 Å². The summed E-state index contributed by atoms with van der Waals surface area (Å²) in [5.41, 5.74) is 3.73. The van der Waals surface area contributed by atoms with Gasteiger partial charge in [0.2, 0.25) is 0 Å². The molecule has 0 aromatic carbocycles. The lowest BCUT2D eigenvalue weighted by atomic mass is 9.46. The molecule has 172 valence electrons. The van der Waals surface area contributed by atoms with Gasteiger partial charge in [-0.3, -0.25) is 0 Å². The second-order valence-corrected chi connectivity index (χ2v) is 12.7. The van der Waals surface area contributed by atoms with Gasteiger partial charge in [0.15, 0.2) is 0 Å². The molecule has 9 atom stereocenters. The maximum absolute atomic E-state index is 11.4. The summed E-state index contributed by atoms with van der Waals surface area (Å²) in [5.74, 6) is 3.71. The van der Waals surface area contributed by atoms with Gasteiger partial charge in [0.1, 0.15) is 0 Å². The number of aliphatic hydroxyl groups excluding tert-OH is 2. The highest BCUT2D eigenvalue weighted by Crippen LogP contribution is 2.66. The summed E-state index contributed by atoms with van der Waals surface area (Å²) in [4.78, 5) is 0. The molecule has 0 spiro atoms. The Bertz CT molecular complexity index is 666. The van der Waals surface area contributed by atoms with Crippen molar-refractivity contribution in [1.82, 2.24) is 0 Å². The summed E-state index contributed by atoms with van der Waals surface area (Å²) in [6, 6.07) is 0. The van der Waals surface area contributed by atoms with Gasteiger partial charge in [-0.15, -0.1) is 0 Å². The molecule has 0 radical (unpaired) electrons. The summed E-state index contributed by atoms with van der Waals surface area (Å²) in [7, 11) is 0. The Morgan fingerprint density at radius 3 is 2.43 bits per heavy atom. The highest BCUT2D eigenvalue weighted by molar-refractivity contribution is 5.37. The summed E-state index contributed by atoms with van der Waals surface area (Å²) >= 11 is 0. The van der Waals surface area contributed by atoms with E-state index in [2.05, 4.69) is 41.5 Å². The third-order valence-electron chi connectivity index (χ3n) is 10.7. The Kier molecular flexibility index (Phi) is 6.26. The summed E-state index contributed by atoms with van der Waals surface area (Å²) in [6.07, 6.45) is 11.7. The van der Waals surface area contributed by atoms with Crippen LogP contribution < -0.4 is 0 Å². The van der Waals surface area contributed by atoms with Crippen LogP contribution in [-0.2, 0) is 0 Å². The van der Waals surface area contributed by atoms with Crippen molar-refractivity contribution in [3.63, 3.8) is 0 Å². The monoisotopic (exact) mass is 416 g/mol. The summed E-state index contributed by atoms with van der Waals surface area (Å²) in [5, 5.41) is 21.9. The van der Waals surface area contributed by atoms with Crippen molar-refractivity contribution in [3.8, 4) is 0 Å². The lowest BCUT2D eigenvalue weighted by Crippen LogP contribution is -2.55. The molecule has 2 N–H and O–H groups in total. The third-order valence-corrected chi connectivity index (χ3v) is 10.7. The van der Waals surface area contributed by atoms with Gasteiger partial charge in [-0.2, -0.15) is 0 Å². The van der Waals surface area contributed by atoms with Crippen LogP contribution in [0.2, 0.25) is 0 Å². The molecule has 0 aromatic heterocycles. The third kappa shape index (κ3) is 3.53. The number of allylic oxidation sites excluding steroid dienone is 1. The average molecular weight is 417 g/mol. The van der Waals surface area contributed by atoms with Gasteiger partial charge in [0, 0.05) is 0 Å². The zero-order chi connectivity index (χ0) is 21.8. The second kappa shape index (κ2) is 8.22. The van der Waals surface area contributed by atoms with Gasteiger partial charge in [0.05, 0.1) is 12.2 Å². The number of rotatable bonds is 5. The predicted molar refractivity (Wildman–Crippen MR) is 125 cm³/mol. The van der Waals surface area contributed by atoms with Crippen molar-refractivity contribution in [2.45, 2.75) is 118 Å². The van der Waals surface area contributed by atoms with Crippen LogP contribution in [-0.4, -0.2) is 22.4 Å². The highest BCUT2D eigenvalue weighted by Gasteiger charge is 2.59. The van der Waals surface area contributed by atoms with E-state index in [9.17, 15) is 10.2 Å². The molecule has 0 aliphatic heterocycles. The smallest absolute Gasteiger partial charge is 0.0758 e. The van der Waals surface area contributed by atoms with Gasteiger partial charge in [-0.1, -0.05) is 66.4 Å². The topological polar surface area (TPSA) is 40.5 Å². The zero-order valence-corrected chi connectivity index (χ0v) is 20.6. The first kappa shape index (κ1) is 22.8. The van der Waals surface area contributed by atoms with Crippen LogP contribution >= 0.6 is 0 Å². The first-order chi connectivity index (χ1) is 14.1. The van der Waals surface area contributed by atoms with E-state index < -0.39 is 0 Å². The Balaban J connectivity index is 1.60. The number of fused-ring (bicyclic) bond motifs is 4. The van der Waals surface area contributed by atoms with Gasteiger partial charge >= 0.3 is 0 Å². The summed E-state index contributed by atoms with van der Waals surface area (Å²) in [6.45, 7) is 14.5. The minimum Gasteiger partial charge on any atom is -0.393 e. The zero-order valence-electron chi connectivity index (χ0n) is 20.6. The van der Waals surface area contributed by atoms with Crippen molar-refractivity contribution >= 4 is 0 Å². The molecule has 0 saturated heterocycles. The largest absolute Gasteiger partial charge is 0.393 e. The van der Waals surface area contributed by atoms with E-state index in [1.54, 1.807) is 5.57 Å². The molecular weight excluding hydrogens is 368 g/mol. The lowest BCUT2D eigenvalue weighted by molar-refractivity contribution is -0.100. The Labute approximate surface area is 185 Å². The molecule has 2 nitrogen and oxygen atoms in total. The Morgan fingerprint density at radius 1 is 1.00 bits per heavy atom. The van der Waals surface area contributed by atoms with Crippen molar-refractivity contribution in [3.05, 3.63) is 11.1 Å². The normalized spacial score (nSPS) is 47.1. The minimum absolute atomic E-state index is 0.180. The molecule has 2 heteroatoms. The number of hydrogen-bond donors (Lipinski definition) is 2. The van der Waals surface area contributed by atoms with Crippen LogP contribution in [0, 0.1) is 46.3 Å². The van der Waals surface area contributed by atoms with E-state index in [-0.39, 0.29) is 17.6 Å². The molecule has 0 unspecified atom stereocenters. The fraction of sp³-hybridized carbons (Fsp3) is 0.929. The van der Waals surface area contributed by atoms with Crippen LogP contribution in [0.5, 0.6) is 0 Å². The van der Waals surface area contributed by atoms with Crippen molar-refractivity contribution in [2.24, 2.45) is 46.3 Å². The maximum atomic E-state index is 11.4. The molecule has 30 heavy (non-hydrogen) atoms. The Morgan fingerprint density at radius 2 is 1.73 bits per heavy atom. The molecule has 3 saturated carbocycles. The van der Waals surface area contributed by atoms with Gasteiger partial charge in [0.25, 0.3) is 0 Å². The average Bonchev–Trinajstić information content (AvgIpc) is 3.03. The predicted octanol–water partition coefficient (Wildman–Crippen LogP) is 6.75. The molecule has 4 aliphatic carbocycles. The van der Waals surface area contributed by atoms with Crippen LogP contribution in [0.25, 0.3) is 0 Å². The Hall–Kier alpha value is -0.340. The molecule has 0 aromatic rings. The molecule has 0 bridgehead atoms. The molecule has 0 heterocycles. The van der Waals surface area contributed by atoms with Crippen LogP contribution in [0.3, 0.4) is 0 Å². The van der Waals surface area contributed by atoms with Gasteiger partial charge < -0.3 is 10.2 Å². The van der Waals surface area contributed by atoms with E-state index in [1.165, 1.54) is 50.5 Å². The van der Waals surface area contributed by atoms with Gasteiger partial charge in [-0.25, -0.2) is 0 Å². The first-order valence-corrected chi connectivity index (χ1v) is 13.2. The van der Waals surface area contributed by atoms with E-state index >= 15 is 0 Å². The number of hydrogen-bond acceptors (Lipinski definition) is 2. The second-order valence-electron chi connectivity index (χ2n) is 12.7. The van der Waals surface area contributed by atoms with Crippen molar-refractivity contribution in [2.75, 3.05) is 0 Å². The van der Waals surface area contributed by atoms with Crippen LogP contribution in [0.1, 0.15) is 106 Å². The van der Waals surface area contributed by atoms with E-state index in [0.29, 0.717) is 23.2 Å². The fourth-order valence-corrected chi connectivity index (χ4v) is 8.89. The molecule has 3 fully saturated rings. The summed E-state index contributed by atoms with van der Waals surface area (Å²) < 4.78 is 0. The van der Waals surface area contributed by atoms with E-state index in [0.717, 1.165) is 37.0 Å². The first-order valence-electron chi connectivity index (χ1n) is 13.2. The highest BCUT2D eigenvalue weighted by atomic mass is 16.3. The maximum Gasteiger partial charge on any atom is 0.0758 e. The van der Waals surface area contributed by atoms with Crippen LogP contribution in [0.15, 0.2) is 11.1 Å². The quantitative estimate of drug-likeness (QED) is 0.487. The standard InChI is InChI=1S/C28H48O2/c1-17(2)8-7-9-18(3)20-10-11-21-26-22(12-14-27(20,21)5)28(6)15-13-24(29)19(4)23(28)16-25(26)30/h17-20,22-25,29-30H,7-16H2,1-6H3/t18-,19+,20-,22+,23+,24+,25-,27-,28-/m1/s1. The molecule has 4 rings (SSSR count). The number of aliphatic hydroxyl groups is 2. The van der Waals surface area contributed by atoms with Crippen LogP contribution in [0.4, 0.5) is 0 Å². The lowest BCUT2D eigenvalue weighted by Gasteiger charge is -2.59. The van der Waals surface area contributed by atoms with Crippen molar-refractivity contribution < 1.29 is 10.2 Å². The fourth-order valence-electron chi connectivity index (χ4n) is 8.89. The van der Waals surface area contributed by atoms with E-state index in [1.807, 2.05) is 0 Å². The SMILES string of the molecule is CC(C)CCC[C@@H](C)[C@H]1CCC2=C3[C@H](O)C[C@H]4[C@H](C)[C@@H](O)CC[C@]4(C)[C@H]3CC[C@@]21C. The molecule has 4 aliphatic rings. The molecule has 0 amide bonds. The molecular formula is C28H48O2. The van der Waals surface area contributed by atoms with Gasteiger partial charge in [-0.05, 0) is 96.9 Å².